The number of carbonyl (C=O) groups is 1. The van der Waals surface area contributed by atoms with Crippen LogP contribution in [0.4, 0.5) is 0 Å². The number of aromatic nitrogens is 1. The molecule has 1 aromatic carbocycles. The molecule has 0 atom stereocenters. The summed E-state index contributed by atoms with van der Waals surface area (Å²) in [6, 6.07) is 5.35. The standard InChI is InChI=1S/C18H24N2O5S2/c1-5-25-15-7-6-13(8-16(15)24-4)18-20-14(9-26-18)10-27(22,23)11-17(21)19-12(2)3/h6-9,12H,5,10-11H2,1-4H3,(H,19,21). The molecule has 9 heteroatoms. The van der Waals surface area contributed by atoms with Crippen LogP contribution in [0, 0.1) is 0 Å². The molecule has 0 bridgehead atoms. The fourth-order valence-electron chi connectivity index (χ4n) is 2.42. The van der Waals surface area contributed by atoms with Crippen LogP contribution in [0.3, 0.4) is 0 Å². The quantitative estimate of drug-likeness (QED) is 0.680. The van der Waals surface area contributed by atoms with Gasteiger partial charge in [0.2, 0.25) is 5.91 Å². The van der Waals surface area contributed by atoms with E-state index in [1.54, 1.807) is 38.5 Å². The normalized spacial score (nSPS) is 11.4. The third-order valence-electron chi connectivity index (χ3n) is 3.43. The summed E-state index contributed by atoms with van der Waals surface area (Å²) >= 11 is 1.34. The van der Waals surface area contributed by atoms with Crippen LogP contribution in [0.15, 0.2) is 23.6 Å². The van der Waals surface area contributed by atoms with Gasteiger partial charge in [-0.2, -0.15) is 0 Å². The summed E-state index contributed by atoms with van der Waals surface area (Å²) < 4.78 is 35.3. The summed E-state index contributed by atoms with van der Waals surface area (Å²) in [7, 11) is -2.03. The lowest BCUT2D eigenvalue weighted by molar-refractivity contribution is -0.119. The van der Waals surface area contributed by atoms with Crippen molar-refractivity contribution in [3.8, 4) is 22.1 Å². The topological polar surface area (TPSA) is 94.6 Å². The largest absolute Gasteiger partial charge is 0.493 e. The SMILES string of the molecule is CCOc1ccc(-c2nc(CS(=O)(=O)CC(=O)NC(C)C)cs2)cc1OC. The van der Waals surface area contributed by atoms with E-state index in [0.717, 1.165) is 5.56 Å². The van der Waals surface area contributed by atoms with Crippen LogP contribution in [0.2, 0.25) is 0 Å². The molecular weight excluding hydrogens is 388 g/mol. The molecule has 0 unspecified atom stereocenters. The van der Waals surface area contributed by atoms with Crippen molar-refractivity contribution >= 4 is 27.1 Å². The van der Waals surface area contributed by atoms with E-state index in [9.17, 15) is 13.2 Å². The zero-order chi connectivity index (χ0) is 20.0. The maximum Gasteiger partial charge on any atom is 0.235 e. The molecule has 0 aliphatic heterocycles. The number of methoxy groups -OCH3 is 1. The maximum atomic E-state index is 12.2. The molecule has 1 N–H and O–H groups in total. The van der Waals surface area contributed by atoms with Crippen LogP contribution < -0.4 is 14.8 Å². The lowest BCUT2D eigenvalue weighted by Gasteiger charge is -2.10. The number of hydrogen-bond donors (Lipinski definition) is 1. The predicted octanol–water partition coefficient (Wildman–Crippen LogP) is 2.66. The van der Waals surface area contributed by atoms with Gasteiger partial charge in [-0.15, -0.1) is 11.3 Å². The van der Waals surface area contributed by atoms with Crippen LogP contribution in [0.1, 0.15) is 26.5 Å². The van der Waals surface area contributed by atoms with Crippen LogP contribution in [-0.4, -0.2) is 44.8 Å². The van der Waals surface area contributed by atoms with E-state index >= 15 is 0 Å². The smallest absolute Gasteiger partial charge is 0.235 e. The van der Waals surface area contributed by atoms with E-state index in [1.165, 1.54) is 11.3 Å². The number of sulfone groups is 1. The fourth-order valence-corrected chi connectivity index (χ4v) is 4.53. The molecule has 0 aliphatic carbocycles. The Kier molecular flexibility index (Phi) is 7.20. The molecule has 1 amide bonds. The van der Waals surface area contributed by atoms with Crippen molar-refractivity contribution in [3.05, 3.63) is 29.3 Å². The monoisotopic (exact) mass is 412 g/mol. The second-order valence-corrected chi connectivity index (χ2v) is 9.12. The zero-order valence-electron chi connectivity index (χ0n) is 15.8. The van der Waals surface area contributed by atoms with Crippen molar-refractivity contribution in [2.24, 2.45) is 0 Å². The summed E-state index contributed by atoms with van der Waals surface area (Å²) in [5.41, 5.74) is 1.22. The fraction of sp³-hybridized carbons (Fsp3) is 0.444. The Morgan fingerprint density at radius 3 is 2.67 bits per heavy atom. The molecule has 2 aromatic rings. The number of ether oxygens (including phenoxy) is 2. The first-order valence-corrected chi connectivity index (χ1v) is 11.2. The van der Waals surface area contributed by atoms with Gasteiger partial charge in [-0.1, -0.05) is 0 Å². The molecule has 1 aromatic heterocycles. The van der Waals surface area contributed by atoms with E-state index < -0.39 is 21.5 Å². The highest BCUT2D eigenvalue weighted by Crippen LogP contribution is 2.34. The van der Waals surface area contributed by atoms with Crippen LogP contribution >= 0.6 is 11.3 Å². The minimum absolute atomic E-state index is 0.104. The number of amides is 1. The van der Waals surface area contributed by atoms with Crippen LogP contribution in [0.25, 0.3) is 10.6 Å². The van der Waals surface area contributed by atoms with Crippen molar-refractivity contribution in [1.82, 2.24) is 10.3 Å². The molecular formula is C18H24N2O5S2. The van der Waals surface area contributed by atoms with Gasteiger partial charge >= 0.3 is 0 Å². The summed E-state index contributed by atoms with van der Waals surface area (Å²) in [5, 5.41) is 4.95. The van der Waals surface area contributed by atoms with Gasteiger partial charge in [0.15, 0.2) is 21.3 Å². The average molecular weight is 413 g/mol. The van der Waals surface area contributed by atoms with Gasteiger partial charge in [-0.25, -0.2) is 13.4 Å². The number of hydrogen-bond acceptors (Lipinski definition) is 7. The van der Waals surface area contributed by atoms with E-state index in [-0.39, 0.29) is 11.8 Å². The van der Waals surface area contributed by atoms with Gasteiger partial charge in [0.1, 0.15) is 10.8 Å². The Morgan fingerprint density at radius 2 is 2.04 bits per heavy atom. The lowest BCUT2D eigenvalue weighted by atomic mass is 10.2. The number of nitrogens with zero attached hydrogens (tertiary/aromatic N) is 1. The molecule has 7 nitrogen and oxygen atoms in total. The van der Waals surface area contributed by atoms with Gasteiger partial charge in [-0.05, 0) is 39.0 Å². The highest BCUT2D eigenvalue weighted by atomic mass is 32.2. The van der Waals surface area contributed by atoms with Crippen molar-refractivity contribution < 1.29 is 22.7 Å². The Hall–Kier alpha value is -2.13. The third-order valence-corrected chi connectivity index (χ3v) is 5.81. The zero-order valence-corrected chi connectivity index (χ0v) is 17.4. The molecule has 27 heavy (non-hydrogen) atoms. The number of benzene rings is 1. The second-order valence-electron chi connectivity index (χ2n) is 6.20. The Morgan fingerprint density at radius 1 is 1.30 bits per heavy atom. The molecule has 148 valence electrons. The first-order valence-electron chi connectivity index (χ1n) is 8.49. The Balaban J connectivity index is 2.13. The molecule has 2 rings (SSSR count). The second kappa shape index (κ2) is 9.18. The number of rotatable bonds is 9. The van der Waals surface area contributed by atoms with Crippen LogP contribution in [-0.2, 0) is 20.4 Å². The number of nitrogens with one attached hydrogen (secondary N) is 1. The van der Waals surface area contributed by atoms with Gasteiger partial charge in [0.25, 0.3) is 0 Å². The summed E-state index contributed by atoms with van der Waals surface area (Å²) in [4.78, 5) is 16.1. The highest BCUT2D eigenvalue weighted by Gasteiger charge is 2.20. The van der Waals surface area contributed by atoms with E-state index in [2.05, 4.69) is 10.3 Å². The Labute approximate surface area is 163 Å². The van der Waals surface area contributed by atoms with Gasteiger partial charge in [0.05, 0.1) is 25.2 Å². The molecule has 0 saturated heterocycles. The van der Waals surface area contributed by atoms with E-state index in [0.29, 0.717) is 28.8 Å². The lowest BCUT2D eigenvalue weighted by Crippen LogP contribution is -2.35. The summed E-state index contributed by atoms with van der Waals surface area (Å²) in [6.07, 6.45) is 0. The van der Waals surface area contributed by atoms with E-state index in [1.807, 2.05) is 13.0 Å². The Bertz CT molecular complexity index is 891. The number of carbonyl (C=O) groups excluding carboxylic acids is 1. The van der Waals surface area contributed by atoms with E-state index in [4.69, 9.17) is 9.47 Å². The molecule has 1 heterocycles. The molecule has 0 aliphatic rings. The average Bonchev–Trinajstić information content (AvgIpc) is 3.01. The first-order chi connectivity index (χ1) is 12.7. The molecule has 0 spiro atoms. The van der Waals surface area contributed by atoms with Crippen molar-refractivity contribution in [2.75, 3.05) is 19.5 Å². The summed E-state index contributed by atoms with van der Waals surface area (Å²) in [5.74, 6) is -0.0991. The van der Waals surface area contributed by atoms with Gasteiger partial charge < -0.3 is 14.8 Å². The van der Waals surface area contributed by atoms with Crippen molar-refractivity contribution in [2.45, 2.75) is 32.6 Å². The highest BCUT2D eigenvalue weighted by molar-refractivity contribution is 7.91. The molecule has 0 radical (unpaired) electrons. The minimum atomic E-state index is -3.59. The van der Waals surface area contributed by atoms with Crippen molar-refractivity contribution in [3.63, 3.8) is 0 Å². The first kappa shape index (κ1) is 21.2. The minimum Gasteiger partial charge on any atom is -0.493 e. The van der Waals surface area contributed by atoms with Gasteiger partial charge in [-0.3, -0.25) is 4.79 Å². The third kappa shape index (κ3) is 6.21. The predicted molar refractivity (Wildman–Crippen MR) is 106 cm³/mol. The van der Waals surface area contributed by atoms with Gasteiger partial charge in [0, 0.05) is 17.0 Å². The molecule has 0 saturated carbocycles. The number of thiazole rings is 1. The maximum absolute atomic E-state index is 12.2. The van der Waals surface area contributed by atoms with Crippen molar-refractivity contribution in [1.29, 1.82) is 0 Å². The summed E-state index contributed by atoms with van der Waals surface area (Å²) in [6.45, 7) is 5.98. The van der Waals surface area contributed by atoms with Crippen LogP contribution in [0.5, 0.6) is 11.5 Å². The molecule has 0 fully saturated rings.